The largest absolute Gasteiger partial charge is 0.500 e. The lowest BCUT2D eigenvalue weighted by molar-refractivity contribution is 0.224. The van der Waals surface area contributed by atoms with Crippen molar-refractivity contribution >= 4 is 9.84 Å². The highest BCUT2D eigenvalue weighted by Crippen LogP contribution is 2.39. The molecule has 13 heavy (non-hydrogen) atoms. The number of hydrogen-bond donors (Lipinski definition) is 0. The summed E-state index contributed by atoms with van der Waals surface area (Å²) in [7, 11) is -2.82. The molecule has 1 fully saturated rings. The third-order valence-electron chi connectivity index (χ3n) is 2.33. The Morgan fingerprint density at radius 1 is 1.54 bits per heavy atom. The molecule has 0 bridgehead atoms. The van der Waals surface area contributed by atoms with Crippen molar-refractivity contribution in [1.29, 1.82) is 0 Å². The van der Waals surface area contributed by atoms with E-state index in [-0.39, 0.29) is 5.75 Å². The molecule has 76 valence electrons. The molecule has 0 radical (unpaired) electrons. The van der Waals surface area contributed by atoms with Gasteiger partial charge in [-0.1, -0.05) is 6.92 Å². The SMILES string of the molecule is CCC1(COC=C(C)C)CS1(=O)=O. The average Bonchev–Trinajstić information content (AvgIpc) is 2.53. The van der Waals surface area contributed by atoms with Crippen molar-refractivity contribution in [3.05, 3.63) is 11.8 Å². The third kappa shape index (κ3) is 2.05. The van der Waals surface area contributed by atoms with Crippen LogP contribution in [0.15, 0.2) is 11.8 Å². The molecule has 0 aromatic rings. The van der Waals surface area contributed by atoms with Crippen LogP contribution in [0.3, 0.4) is 0 Å². The summed E-state index contributed by atoms with van der Waals surface area (Å²) < 4.78 is 27.0. The minimum Gasteiger partial charge on any atom is -0.500 e. The smallest absolute Gasteiger partial charge is 0.162 e. The van der Waals surface area contributed by atoms with Gasteiger partial charge < -0.3 is 4.74 Å². The third-order valence-corrected chi connectivity index (χ3v) is 4.79. The molecule has 1 heterocycles. The van der Waals surface area contributed by atoms with Crippen molar-refractivity contribution in [2.45, 2.75) is 31.9 Å². The van der Waals surface area contributed by atoms with E-state index in [4.69, 9.17) is 4.74 Å². The number of allylic oxidation sites excluding steroid dienone is 1. The molecule has 0 amide bonds. The Bertz CT molecular complexity index is 312. The fraction of sp³-hybridized carbons (Fsp3) is 0.778. The molecule has 1 unspecified atom stereocenters. The van der Waals surface area contributed by atoms with Crippen molar-refractivity contribution in [2.24, 2.45) is 0 Å². The summed E-state index contributed by atoms with van der Waals surface area (Å²) in [6.07, 6.45) is 2.26. The Morgan fingerprint density at radius 2 is 2.08 bits per heavy atom. The summed E-state index contributed by atoms with van der Waals surface area (Å²) in [5.74, 6) is 0.285. The first-order valence-corrected chi connectivity index (χ1v) is 6.06. The van der Waals surface area contributed by atoms with E-state index in [2.05, 4.69) is 0 Å². The first kappa shape index (κ1) is 10.6. The number of rotatable bonds is 4. The Morgan fingerprint density at radius 3 is 2.38 bits per heavy atom. The lowest BCUT2D eigenvalue weighted by Gasteiger charge is -2.08. The van der Waals surface area contributed by atoms with Crippen molar-refractivity contribution in [3.63, 3.8) is 0 Å². The lowest BCUT2D eigenvalue weighted by Crippen LogP contribution is -2.18. The molecule has 0 spiro atoms. The second kappa shape index (κ2) is 3.33. The van der Waals surface area contributed by atoms with Gasteiger partial charge in [0.2, 0.25) is 0 Å². The molecule has 1 atom stereocenters. The van der Waals surface area contributed by atoms with Gasteiger partial charge in [0.15, 0.2) is 9.84 Å². The molecule has 1 saturated heterocycles. The van der Waals surface area contributed by atoms with Crippen LogP contribution in [-0.2, 0) is 14.6 Å². The predicted molar refractivity (Wildman–Crippen MR) is 52.2 cm³/mol. The van der Waals surface area contributed by atoms with Crippen LogP contribution < -0.4 is 0 Å². The quantitative estimate of drug-likeness (QED) is 0.515. The maximum atomic E-state index is 11.2. The standard InChI is InChI=1S/C9H16O3S/c1-4-9(7-13(9,10)11)6-12-5-8(2)3/h5H,4,6-7H2,1-3H3. The van der Waals surface area contributed by atoms with Crippen LogP contribution >= 0.6 is 0 Å². The maximum Gasteiger partial charge on any atom is 0.162 e. The van der Waals surface area contributed by atoms with E-state index in [9.17, 15) is 8.42 Å². The number of hydrogen-bond acceptors (Lipinski definition) is 3. The van der Waals surface area contributed by atoms with Crippen molar-refractivity contribution in [1.82, 2.24) is 0 Å². The summed E-state index contributed by atoms with van der Waals surface area (Å²) in [5.41, 5.74) is 1.05. The monoisotopic (exact) mass is 204 g/mol. The summed E-state index contributed by atoms with van der Waals surface area (Å²) in [4.78, 5) is 0. The van der Waals surface area contributed by atoms with Gasteiger partial charge in [0.25, 0.3) is 0 Å². The lowest BCUT2D eigenvalue weighted by atomic mass is 10.1. The zero-order chi connectivity index (χ0) is 10.1. The zero-order valence-electron chi connectivity index (χ0n) is 8.33. The molecule has 0 aromatic carbocycles. The van der Waals surface area contributed by atoms with Gasteiger partial charge in [-0.3, -0.25) is 0 Å². The Balaban J connectivity index is 2.50. The Kier molecular flexibility index (Phi) is 2.71. The van der Waals surface area contributed by atoms with Crippen LogP contribution in [0.25, 0.3) is 0 Å². The number of ether oxygens (including phenoxy) is 1. The van der Waals surface area contributed by atoms with E-state index < -0.39 is 14.6 Å². The van der Waals surface area contributed by atoms with E-state index in [0.717, 1.165) is 5.57 Å². The molecule has 4 heteroatoms. The minimum atomic E-state index is -2.82. The van der Waals surface area contributed by atoms with Gasteiger partial charge in [0.05, 0.1) is 12.0 Å². The van der Waals surface area contributed by atoms with Crippen LogP contribution in [0.4, 0.5) is 0 Å². The van der Waals surface area contributed by atoms with Crippen LogP contribution in [0.1, 0.15) is 27.2 Å². The van der Waals surface area contributed by atoms with Crippen molar-refractivity contribution in [3.8, 4) is 0 Å². The molecule has 1 aliphatic rings. The fourth-order valence-electron chi connectivity index (χ4n) is 1.23. The van der Waals surface area contributed by atoms with Crippen LogP contribution in [0.2, 0.25) is 0 Å². The van der Waals surface area contributed by atoms with Gasteiger partial charge in [0, 0.05) is 0 Å². The minimum absolute atomic E-state index is 0.285. The van der Waals surface area contributed by atoms with Crippen molar-refractivity contribution < 1.29 is 13.2 Å². The van der Waals surface area contributed by atoms with Gasteiger partial charge >= 0.3 is 0 Å². The maximum absolute atomic E-state index is 11.2. The molecule has 0 aromatic heterocycles. The first-order valence-electron chi connectivity index (χ1n) is 4.41. The first-order chi connectivity index (χ1) is 5.93. The normalized spacial score (nSPS) is 29.5. The zero-order valence-corrected chi connectivity index (χ0v) is 9.15. The molecular weight excluding hydrogens is 188 g/mol. The van der Waals surface area contributed by atoms with Gasteiger partial charge in [0.1, 0.15) is 11.4 Å². The summed E-state index contributed by atoms with van der Waals surface area (Å²) in [6.45, 7) is 6.02. The molecule has 0 N–H and O–H groups in total. The topological polar surface area (TPSA) is 43.4 Å². The molecule has 3 nitrogen and oxygen atoms in total. The summed E-state index contributed by atoms with van der Waals surface area (Å²) >= 11 is 0. The van der Waals surface area contributed by atoms with E-state index >= 15 is 0 Å². The van der Waals surface area contributed by atoms with E-state index in [1.54, 1.807) is 6.26 Å². The van der Waals surface area contributed by atoms with Crippen LogP contribution in [0, 0.1) is 0 Å². The second-order valence-corrected chi connectivity index (χ2v) is 6.19. The van der Waals surface area contributed by atoms with Gasteiger partial charge in [-0.05, 0) is 25.8 Å². The highest BCUT2D eigenvalue weighted by atomic mass is 32.2. The summed E-state index contributed by atoms with van der Waals surface area (Å²) in [6, 6.07) is 0. The van der Waals surface area contributed by atoms with E-state index in [1.807, 2.05) is 20.8 Å². The van der Waals surface area contributed by atoms with Crippen molar-refractivity contribution in [2.75, 3.05) is 12.4 Å². The molecular formula is C9H16O3S. The molecule has 0 saturated carbocycles. The van der Waals surface area contributed by atoms with E-state index in [0.29, 0.717) is 13.0 Å². The Labute approximate surface area is 79.7 Å². The van der Waals surface area contributed by atoms with Gasteiger partial charge in [-0.2, -0.15) is 0 Å². The summed E-state index contributed by atoms with van der Waals surface area (Å²) in [5, 5.41) is 0. The fourth-order valence-corrected chi connectivity index (χ4v) is 3.13. The number of sulfone groups is 1. The van der Waals surface area contributed by atoms with Gasteiger partial charge in [-0.15, -0.1) is 0 Å². The van der Waals surface area contributed by atoms with Crippen LogP contribution in [-0.4, -0.2) is 25.5 Å². The molecule has 1 rings (SSSR count). The second-order valence-electron chi connectivity index (χ2n) is 3.80. The highest BCUT2D eigenvalue weighted by Gasteiger charge is 2.60. The molecule has 0 aliphatic carbocycles. The Hall–Kier alpha value is -0.510. The predicted octanol–water partition coefficient (Wildman–Crippen LogP) is 1.50. The molecule has 1 aliphatic heterocycles. The van der Waals surface area contributed by atoms with E-state index in [1.165, 1.54) is 0 Å². The average molecular weight is 204 g/mol. The van der Waals surface area contributed by atoms with Gasteiger partial charge in [-0.25, -0.2) is 8.42 Å². The van der Waals surface area contributed by atoms with Crippen LogP contribution in [0.5, 0.6) is 0 Å². The highest BCUT2D eigenvalue weighted by molar-refractivity contribution is 8.00.